The van der Waals surface area contributed by atoms with Crippen LogP contribution in [0, 0.1) is 17.4 Å². The molecule has 0 aromatic carbocycles. The molecule has 0 aliphatic rings. The SMILES string of the molecule is CC(C)/C=C(/CC(O)C#C[Si](C)(C)C)[Si](C)(C)C. The first-order valence-corrected chi connectivity index (χ1v) is 13.8. The van der Waals surface area contributed by atoms with Gasteiger partial charge in [0.05, 0.1) is 8.07 Å². The Morgan fingerprint density at radius 1 is 1.11 bits per heavy atom. The Labute approximate surface area is 116 Å². The van der Waals surface area contributed by atoms with Crippen LogP contribution in [0.3, 0.4) is 0 Å². The molecule has 104 valence electrons. The van der Waals surface area contributed by atoms with Gasteiger partial charge in [0, 0.05) is 6.42 Å². The quantitative estimate of drug-likeness (QED) is 0.608. The molecule has 0 saturated heterocycles. The highest BCUT2D eigenvalue weighted by Gasteiger charge is 2.21. The predicted molar refractivity (Wildman–Crippen MR) is 88.0 cm³/mol. The van der Waals surface area contributed by atoms with Crippen molar-refractivity contribution < 1.29 is 5.11 Å². The molecule has 0 aliphatic carbocycles. The molecule has 1 unspecified atom stereocenters. The van der Waals surface area contributed by atoms with Crippen LogP contribution in [0.4, 0.5) is 0 Å². The second-order valence-electron chi connectivity index (χ2n) is 7.43. The second kappa shape index (κ2) is 6.74. The molecular formula is C15H30OSi2. The fraction of sp³-hybridized carbons (Fsp3) is 0.733. The maximum absolute atomic E-state index is 10.1. The number of aliphatic hydroxyl groups is 1. The first-order chi connectivity index (χ1) is 7.92. The summed E-state index contributed by atoms with van der Waals surface area (Å²) in [6.45, 7) is 18.0. The molecule has 0 aliphatic heterocycles. The average molecular weight is 283 g/mol. The molecule has 0 aromatic heterocycles. The highest BCUT2D eigenvalue weighted by Crippen LogP contribution is 2.21. The number of allylic oxidation sites excluding steroid dienone is 1. The van der Waals surface area contributed by atoms with Crippen molar-refractivity contribution in [2.75, 3.05) is 0 Å². The first-order valence-electron chi connectivity index (χ1n) is 6.84. The van der Waals surface area contributed by atoms with Gasteiger partial charge in [-0.15, -0.1) is 5.54 Å². The maximum Gasteiger partial charge on any atom is 0.129 e. The van der Waals surface area contributed by atoms with E-state index in [0.717, 1.165) is 6.42 Å². The zero-order valence-corrected chi connectivity index (χ0v) is 15.4. The van der Waals surface area contributed by atoms with Gasteiger partial charge in [-0.2, -0.15) is 0 Å². The van der Waals surface area contributed by atoms with Crippen LogP contribution >= 0.6 is 0 Å². The molecule has 0 fully saturated rings. The van der Waals surface area contributed by atoms with Gasteiger partial charge in [-0.3, -0.25) is 0 Å². The van der Waals surface area contributed by atoms with E-state index in [-0.39, 0.29) is 0 Å². The maximum atomic E-state index is 10.1. The fourth-order valence-electron chi connectivity index (χ4n) is 1.59. The molecule has 0 heterocycles. The molecular weight excluding hydrogens is 252 g/mol. The molecule has 0 amide bonds. The van der Waals surface area contributed by atoms with Gasteiger partial charge >= 0.3 is 0 Å². The summed E-state index contributed by atoms with van der Waals surface area (Å²) in [5.41, 5.74) is 3.26. The lowest BCUT2D eigenvalue weighted by Gasteiger charge is -2.23. The van der Waals surface area contributed by atoms with Crippen molar-refractivity contribution in [3.8, 4) is 11.5 Å². The highest BCUT2D eigenvalue weighted by atomic mass is 28.3. The highest BCUT2D eigenvalue weighted by molar-refractivity contribution is 6.84. The molecule has 1 atom stereocenters. The largest absolute Gasteiger partial charge is 0.380 e. The topological polar surface area (TPSA) is 20.2 Å². The minimum atomic E-state index is -1.38. The number of hydrogen-bond donors (Lipinski definition) is 1. The molecule has 3 heteroatoms. The van der Waals surface area contributed by atoms with Crippen molar-refractivity contribution in [1.82, 2.24) is 0 Å². The summed E-state index contributed by atoms with van der Waals surface area (Å²) in [5.74, 6) is 3.59. The van der Waals surface area contributed by atoms with Crippen LogP contribution in [-0.2, 0) is 0 Å². The zero-order chi connectivity index (χ0) is 14.6. The number of rotatable bonds is 4. The smallest absolute Gasteiger partial charge is 0.129 e. The predicted octanol–water partition coefficient (Wildman–Crippen LogP) is 4.08. The van der Waals surface area contributed by atoms with Crippen molar-refractivity contribution in [1.29, 1.82) is 0 Å². The molecule has 0 saturated carbocycles. The van der Waals surface area contributed by atoms with Crippen LogP contribution in [0.25, 0.3) is 0 Å². The van der Waals surface area contributed by atoms with Crippen molar-refractivity contribution in [2.45, 2.75) is 65.7 Å². The standard InChI is InChI=1S/C15H30OSi2/c1-13(2)11-15(18(6,7)8)12-14(16)9-10-17(3,4)5/h11,13-14,16H,12H2,1-8H3/b15-11-. The van der Waals surface area contributed by atoms with E-state index in [1.807, 2.05) is 0 Å². The Kier molecular flexibility index (Phi) is 6.63. The lowest BCUT2D eigenvalue weighted by atomic mass is 10.1. The van der Waals surface area contributed by atoms with Crippen molar-refractivity contribution in [3.63, 3.8) is 0 Å². The van der Waals surface area contributed by atoms with Crippen LogP contribution in [0.15, 0.2) is 11.3 Å². The summed E-state index contributed by atoms with van der Waals surface area (Å²) in [6, 6.07) is 0. The Balaban J connectivity index is 4.86. The molecule has 0 spiro atoms. The lowest BCUT2D eigenvalue weighted by molar-refractivity contribution is 0.234. The van der Waals surface area contributed by atoms with E-state index in [0.29, 0.717) is 5.92 Å². The van der Waals surface area contributed by atoms with Gasteiger partial charge in [-0.1, -0.05) is 70.3 Å². The van der Waals surface area contributed by atoms with Gasteiger partial charge in [0.1, 0.15) is 14.2 Å². The van der Waals surface area contributed by atoms with Gasteiger partial charge in [0.2, 0.25) is 0 Å². The molecule has 1 N–H and O–H groups in total. The number of hydrogen-bond acceptors (Lipinski definition) is 1. The normalized spacial score (nSPS) is 15.3. The summed E-state index contributed by atoms with van der Waals surface area (Å²) < 4.78 is 0. The summed E-state index contributed by atoms with van der Waals surface area (Å²) in [7, 11) is -2.72. The van der Waals surface area contributed by atoms with Crippen LogP contribution < -0.4 is 0 Å². The van der Waals surface area contributed by atoms with Gasteiger partial charge in [-0.25, -0.2) is 0 Å². The fourth-order valence-corrected chi connectivity index (χ4v) is 3.82. The third kappa shape index (κ3) is 8.74. The van der Waals surface area contributed by atoms with Crippen LogP contribution in [-0.4, -0.2) is 27.4 Å². The van der Waals surface area contributed by atoms with Gasteiger partial charge in [0.15, 0.2) is 0 Å². The third-order valence-electron chi connectivity index (χ3n) is 2.52. The minimum Gasteiger partial charge on any atom is -0.380 e. The first kappa shape index (κ1) is 17.7. The molecule has 1 nitrogen and oxygen atoms in total. The van der Waals surface area contributed by atoms with E-state index in [2.05, 4.69) is 70.7 Å². The minimum absolute atomic E-state index is 0.492. The molecule has 0 rings (SSSR count). The summed E-state index contributed by atoms with van der Waals surface area (Å²) in [4.78, 5) is 0. The molecule has 0 aromatic rings. The Morgan fingerprint density at radius 2 is 1.61 bits per heavy atom. The Hall–Kier alpha value is -0.306. The van der Waals surface area contributed by atoms with Crippen molar-refractivity contribution in [3.05, 3.63) is 11.3 Å². The lowest BCUT2D eigenvalue weighted by Crippen LogP contribution is -2.27. The second-order valence-corrected chi connectivity index (χ2v) is 17.3. The van der Waals surface area contributed by atoms with E-state index in [9.17, 15) is 5.11 Å². The van der Waals surface area contributed by atoms with E-state index in [4.69, 9.17) is 0 Å². The molecule has 0 bridgehead atoms. The van der Waals surface area contributed by atoms with Gasteiger partial charge in [0.25, 0.3) is 0 Å². The Bertz CT molecular complexity index is 345. The average Bonchev–Trinajstić information content (AvgIpc) is 2.10. The van der Waals surface area contributed by atoms with Crippen LogP contribution in [0.2, 0.25) is 39.3 Å². The molecule has 0 radical (unpaired) electrons. The monoisotopic (exact) mass is 282 g/mol. The van der Waals surface area contributed by atoms with E-state index >= 15 is 0 Å². The summed E-state index contributed by atoms with van der Waals surface area (Å²) in [5, 5.41) is 11.5. The van der Waals surface area contributed by atoms with Crippen molar-refractivity contribution in [2.24, 2.45) is 5.92 Å². The van der Waals surface area contributed by atoms with Gasteiger partial charge < -0.3 is 5.11 Å². The van der Waals surface area contributed by atoms with Crippen LogP contribution in [0.1, 0.15) is 20.3 Å². The number of aliphatic hydroxyl groups excluding tert-OH is 1. The van der Waals surface area contributed by atoms with Crippen LogP contribution in [0.5, 0.6) is 0 Å². The van der Waals surface area contributed by atoms with E-state index in [1.165, 1.54) is 5.20 Å². The van der Waals surface area contributed by atoms with E-state index < -0.39 is 22.3 Å². The zero-order valence-electron chi connectivity index (χ0n) is 13.4. The molecule has 18 heavy (non-hydrogen) atoms. The van der Waals surface area contributed by atoms with E-state index in [1.54, 1.807) is 0 Å². The van der Waals surface area contributed by atoms with Gasteiger partial charge in [-0.05, 0) is 5.92 Å². The van der Waals surface area contributed by atoms with Crippen molar-refractivity contribution >= 4 is 16.1 Å². The third-order valence-corrected chi connectivity index (χ3v) is 5.72. The summed E-state index contributed by atoms with van der Waals surface area (Å²) >= 11 is 0. The Morgan fingerprint density at radius 3 is 1.94 bits per heavy atom. The summed E-state index contributed by atoms with van der Waals surface area (Å²) in [6.07, 6.45) is 2.56.